The highest BCUT2D eigenvalue weighted by Gasteiger charge is 2.47. The van der Waals surface area contributed by atoms with Crippen LogP contribution in [0.4, 0.5) is 0 Å². The molecule has 0 radical (unpaired) electrons. The summed E-state index contributed by atoms with van der Waals surface area (Å²) >= 11 is 5.14. The Hall–Kier alpha value is -2.45. The Bertz CT molecular complexity index is 801. The minimum Gasteiger partial charge on any atom is -0.481 e. The van der Waals surface area contributed by atoms with Gasteiger partial charge in [-0.15, -0.1) is 0 Å². The van der Waals surface area contributed by atoms with Gasteiger partial charge in [0.25, 0.3) is 5.17 Å². The first kappa shape index (κ1) is 24.2. The van der Waals surface area contributed by atoms with Gasteiger partial charge in [-0.25, -0.2) is 0 Å². The fraction of sp³-hybridized carbons (Fsp3) is 0.542. The third-order valence-electron chi connectivity index (χ3n) is 6.07. The van der Waals surface area contributed by atoms with Crippen molar-refractivity contribution in [2.75, 3.05) is 13.1 Å². The molecule has 32 heavy (non-hydrogen) atoms. The number of aliphatic carboxylic acids is 1. The number of allylic oxidation sites excluding steroid dienone is 2. The lowest BCUT2D eigenvalue weighted by Crippen LogP contribution is -2.42. The van der Waals surface area contributed by atoms with Crippen LogP contribution in [0.3, 0.4) is 0 Å². The lowest BCUT2D eigenvalue weighted by atomic mass is 9.77. The first-order chi connectivity index (χ1) is 15.5. The molecule has 3 N–H and O–H groups in total. The van der Waals surface area contributed by atoms with Crippen molar-refractivity contribution in [2.24, 2.45) is 11.8 Å². The molecule has 0 aromatic heterocycles. The van der Waals surface area contributed by atoms with Gasteiger partial charge < -0.3 is 25.2 Å². The Morgan fingerprint density at radius 3 is 2.62 bits per heavy atom. The molecule has 0 saturated carbocycles. The number of hydrogen-bond donors (Lipinski definition) is 3. The summed E-state index contributed by atoms with van der Waals surface area (Å²) in [4.78, 5) is 22.9. The van der Waals surface area contributed by atoms with E-state index in [1.165, 1.54) is 0 Å². The summed E-state index contributed by atoms with van der Waals surface area (Å²) in [5.74, 6) is -0.203. The number of ether oxygens (including phenoxy) is 2. The molecule has 1 aromatic carbocycles. The zero-order valence-electron chi connectivity index (χ0n) is 18.2. The molecule has 0 spiro atoms. The molecule has 7 nitrogen and oxygen atoms in total. The predicted molar refractivity (Wildman–Crippen MR) is 125 cm³/mol. The maximum atomic E-state index is 12.3. The van der Waals surface area contributed by atoms with E-state index in [0.29, 0.717) is 31.4 Å². The Kier molecular flexibility index (Phi) is 9.49. The lowest BCUT2D eigenvalue weighted by Gasteiger charge is -2.27. The van der Waals surface area contributed by atoms with Gasteiger partial charge >= 0.3 is 5.97 Å². The Morgan fingerprint density at radius 2 is 1.88 bits per heavy atom. The van der Waals surface area contributed by atoms with Gasteiger partial charge in [0.2, 0.25) is 5.91 Å². The van der Waals surface area contributed by atoms with Crippen molar-refractivity contribution in [3.8, 4) is 0 Å². The summed E-state index contributed by atoms with van der Waals surface area (Å²) < 4.78 is 11.6. The number of amides is 1. The van der Waals surface area contributed by atoms with Crippen LogP contribution in [0.2, 0.25) is 0 Å². The molecule has 8 heteroatoms. The summed E-state index contributed by atoms with van der Waals surface area (Å²) in [6, 6.07) is 9.72. The fourth-order valence-corrected chi connectivity index (χ4v) is 4.57. The average Bonchev–Trinajstić information content (AvgIpc) is 3.39. The van der Waals surface area contributed by atoms with Crippen molar-refractivity contribution in [3.05, 3.63) is 48.0 Å². The number of fused-ring (bicyclic) bond motifs is 2. The van der Waals surface area contributed by atoms with Gasteiger partial charge in [0, 0.05) is 18.9 Å². The molecule has 2 aliphatic rings. The van der Waals surface area contributed by atoms with Gasteiger partial charge in [0.05, 0.1) is 18.8 Å². The van der Waals surface area contributed by atoms with E-state index in [0.717, 1.165) is 31.2 Å². The number of benzene rings is 1. The largest absolute Gasteiger partial charge is 0.481 e. The number of carboxylic acid groups (broad SMARTS) is 1. The van der Waals surface area contributed by atoms with Crippen LogP contribution < -0.4 is 10.6 Å². The minimum atomic E-state index is -0.756. The normalized spacial score (nSPS) is 23.9. The summed E-state index contributed by atoms with van der Waals surface area (Å²) in [5, 5.41) is 14.8. The number of nitrogens with one attached hydrogen (secondary N) is 2. The number of carboxylic acids is 1. The highest BCUT2D eigenvalue weighted by molar-refractivity contribution is 7.80. The molecular formula is C24H32N2O5S. The summed E-state index contributed by atoms with van der Waals surface area (Å²) in [5.41, 5.74) is 1.01. The maximum absolute atomic E-state index is 12.3. The monoisotopic (exact) mass is 460 g/mol. The first-order valence-corrected chi connectivity index (χ1v) is 11.7. The predicted octanol–water partition coefficient (Wildman–Crippen LogP) is 3.19. The van der Waals surface area contributed by atoms with Crippen molar-refractivity contribution in [3.63, 3.8) is 0 Å². The molecule has 1 amide bonds. The quantitative estimate of drug-likeness (QED) is 0.250. The Labute approximate surface area is 194 Å². The van der Waals surface area contributed by atoms with Crippen LogP contribution in [0.1, 0.15) is 44.1 Å². The van der Waals surface area contributed by atoms with Crippen molar-refractivity contribution >= 4 is 29.3 Å². The molecule has 1 aromatic rings. The maximum Gasteiger partial charge on any atom is 0.303 e. The Morgan fingerprint density at radius 1 is 1.12 bits per heavy atom. The van der Waals surface area contributed by atoms with Crippen molar-refractivity contribution in [1.29, 1.82) is 0 Å². The van der Waals surface area contributed by atoms with Gasteiger partial charge in [0.15, 0.2) is 0 Å². The SMILES string of the molecule is O=C(O)CCCC=CC[C@@H]1[C@H](CNC(=O)CNC(=S)OCc2ccccc2)[C@@H]2CC[C@H]1O2. The van der Waals surface area contributed by atoms with Crippen LogP contribution in [0.5, 0.6) is 0 Å². The average molecular weight is 461 g/mol. The summed E-state index contributed by atoms with van der Waals surface area (Å²) in [7, 11) is 0. The zero-order chi connectivity index (χ0) is 22.8. The lowest BCUT2D eigenvalue weighted by molar-refractivity contribution is -0.137. The van der Waals surface area contributed by atoms with Crippen molar-refractivity contribution < 1.29 is 24.2 Å². The van der Waals surface area contributed by atoms with Gasteiger partial charge in [0.1, 0.15) is 6.61 Å². The van der Waals surface area contributed by atoms with E-state index in [1.807, 2.05) is 30.3 Å². The number of unbranched alkanes of at least 4 members (excludes halogenated alkanes) is 1. The number of hydrogen-bond acceptors (Lipinski definition) is 5. The molecule has 2 aliphatic heterocycles. The van der Waals surface area contributed by atoms with Crippen LogP contribution in [0.25, 0.3) is 0 Å². The van der Waals surface area contributed by atoms with E-state index in [2.05, 4.69) is 22.8 Å². The van der Waals surface area contributed by atoms with Crippen molar-refractivity contribution in [2.45, 2.75) is 57.3 Å². The van der Waals surface area contributed by atoms with E-state index < -0.39 is 5.97 Å². The molecule has 2 saturated heterocycles. The van der Waals surface area contributed by atoms with Gasteiger partial charge in [-0.3, -0.25) is 9.59 Å². The van der Waals surface area contributed by atoms with Crippen LogP contribution in [-0.2, 0) is 25.7 Å². The highest BCUT2D eigenvalue weighted by atomic mass is 32.1. The van der Waals surface area contributed by atoms with Gasteiger partial charge in [-0.2, -0.15) is 0 Å². The molecule has 2 bridgehead atoms. The Balaban J connectivity index is 1.34. The third-order valence-corrected chi connectivity index (χ3v) is 6.33. The molecule has 2 fully saturated rings. The highest BCUT2D eigenvalue weighted by Crippen LogP contribution is 2.44. The smallest absolute Gasteiger partial charge is 0.303 e. The zero-order valence-corrected chi connectivity index (χ0v) is 19.0. The summed E-state index contributed by atoms with van der Waals surface area (Å²) in [6.45, 7) is 1.02. The fourth-order valence-electron chi connectivity index (χ4n) is 4.44. The second kappa shape index (κ2) is 12.6. The third kappa shape index (κ3) is 7.60. The molecule has 3 rings (SSSR count). The van der Waals surface area contributed by atoms with E-state index in [9.17, 15) is 9.59 Å². The van der Waals surface area contributed by atoms with E-state index in [4.69, 9.17) is 26.8 Å². The topological polar surface area (TPSA) is 96.9 Å². The van der Waals surface area contributed by atoms with Gasteiger partial charge in [-0.1, -0.05) is 42.5 Å². The van der Waals surface area contributed by atoms with Crippen LogP contribution in [0.15, 0.2) is 42.5 Å². The van der Waals surface area contributed by atoms with E-state index >= 15 is 0 Å². The van der Waals surface area contributed by atoms with E-state index in [-0.39, 0.29) is 36.3 Å². The standard InChI is InChI=1S/C24H32N2O5S/c27-22(15-26-24(32)30-16-17-8-4-3-5-9-17)25-14-19-18(20-12-13-21(19)31-20)10-6-1-2-7-11-23(28)29/h1,3-6,8-9,18-21H,2,7,10-16H2,(H,25,27)(H,26,32)(H,28,29)/t18-,19+,20-,21+/m1/s1. The number of carbonyl (C=O) groups excluding carboxylic acids is 1. The molecular weight excluding hydrogens is 428 g/mol. The minimum absolute atomic E-state index is 0.0729. The number of carbonyl (C=O) groups is 2. The second-order valence-corrected chi connectivity index (χ2v) is 8.70. The second-order valence-electron chi connectivity index (χ2n) is 8.33. The van der Waals surface area contributed by atoms with Crippen LogP contribution in [0, 0.1) is 11.8 Å². The molecule has 0 aliphatic carbocycles. The number of rotatable bonds is 12. The van der Waals surface area contributed by atoms with Crippen molar-refractivity contribution in [1.82, 2.24) is 10.6 Å². The first-order valence-electron chi connectivity index (χ1n) is 11.3. The van der Waals surface area contributed by atoms with Crippen LogP contribution >= 0.6 is 12.2 Å². The molecule has 2 heterocycles. The van der Waals surface area contributed by atoms with E-state index in [1.54, 1.807) is 0 Å². The molecule has 0 unspecified atom stereocenters. The summed E-state index contributed by atoms with van der Waals surface area (Å²) in [6.07, 6.45) is 9.28. The van der Waals surface area contributed by atoms with Gasteiger partial charge in [-0.05, 0) is 55.8 Å². The number of thiocarbonyl (C=S) groups is 1. The molecule has 174 valence electrons. The van der Waals surface area contributed by atoms with Crippen LogP contribution in [-0.4, -0.2) is 47.5 Å². The molecule has 4 atom stereocenters.